The monoisotopic (exact) mass is 377 g/mol. The van der Waals surface area contributed by atoms with E-state index in [1.54, 1.807) is 6.07 Å². The van der Waals surface area contributed by atoms with E-state index in [2.05, 4.69) is 20.8 Å². The van der Waals surface area contributed by atoms with Gasteiger partial charge in [-0.1, -0.05) is 32.9 Å². The summed E-state index contributed by atoms with van der Waals surface area (Å²) in [6.07, 6.45) is 0.966. The smallest absolute Gasteiger partial charge is 0.349 e. The summed E-state index contributed by atoms with van der Waals surface area (Å²) < 4.78 is 43.1. The van der Waals surface area contributed by atoms with Crippen LogP contribution >= 0.6 is 0 Å². The highest BCUT2D eigenvalue weighted by Crippen LogP contribution is 2.29. The molecule has 0 heterocycles. The van der Waals surface area contributed by atoms with Crippen molar-refractivity contribution in [1.29, 1.82) is 0 Å². The third-order valence-electron chi connectivity index (χ3n) is 4.20. The number of hydrogen-bond acceptors (Lipinski definition) is 6. The first-order valence-corrected chi connectivity index (χ1v) is 9.52. The number of ether oxygens (including phenoxy) is 2. The molecule has 2 aromatic rings. The number of benzene rings is 2. The Labute approximate surface area is 153 Å². The van der Waals surface area contributed by atoms with Crippen LogP contribution in [0.5, 0.6) is 11.5 Å². The minimum Gasteiger partial charge on any atom is -0.744 e. The summed E-state index contributed by atoms with van der Waals surface area (Å²) in [4.78, 5) is 11.5. The van der Waals surface area contributed by atoms with E-state index < -0.39 is 16.1 Å². The van der Waals surface area contributed by atoms with Crippen LogP contribution in [0.4, 0.5) is 0 Å². The minimum atomic E-state index is -4.53. The lowest BCUT2D eigenvalue weighted by Crippen LogP contribution is -2.18. The average molecular weight is 377 g/mol. The van der Waals surface area contributed by atoms with Crippen molar-refractivity contribution in [3.8, 4) is 11.5 Å². The van der Waals surface area contributed by atoms with E-state index in [4.69, 9.17) is 9.47 Å². The molecule has 140 valence electrons. The van der Waals surface area contributed by atoms with Gasteiger partial charge in [-0.05, 0) is 53.8 Å². The Morgan fingerprint density at radius 2 is 1.73 bits per heavy atom. The molecule has 26 heavy (non-hydrogen) atoms. The molecule has 0 bridgehead atoms. The normalized spacial score (nSPS) is 11.8. The maximum Gasteiger partial charge on any atom is 0.349 e. The summed E-state index contributed by atoms with van der Waals surface area (Å²) in [5.41, 5.74) is 1.11. The topological polar surface area (TPSA) is 92.7 Å². The van der Waals surface area contributed by atoms with E-state index in [1.165, 1.54) is 12.1 Å². The highest BCUT2D eigenvalue weighted by molar-refractivity contribution is 7.85. The van der Waals surface area contributed by atoms with Crippen molar-refractivity contribution in [2.45, 2.75) is 37.5 Å². The van der Waals surface area contributed by atoms with Crippen molar-refractivity contribution in [1.82, 2.24) is 0 Å². The zero-order valence-electron chi connectivity index (χ0n) is 14.9. The molecule has 0 unspecified atom stereocenters. The molecule has 0 atom stereocenters. The average Bonchev–Trinajstić information content (AvgIpc) is 2.60. The lowest BCUT2D eigenvalue weighted by molar-refractivity contribution is -0.136. The Morgan fingerprint density at radius 1 is 1.08 bits per heavy atom. The van der Waals surface area contributed by atoms with Gasteiger partial charge in [0.15, 0.2) is 6.61 Å². The number of hydrogen-bond donors (Lipinski definition) is 0. The van der Waals surface area contributed by atoms with Gasteiger partial charge < -0.3 is 14.0 Å². The SMILES string of the molecule is CCC(C)(C)c1cccc(OCC(=O)Oc2ccc(S(=O)(=O)[O-])cc2)c1. The van der Waals surface area contributed by atoms with Crippen LogP contribution in [0.1, 0.15) is 32.8 Å². The predicted octanol–water partition coefficient (Wildman–Crippen LogP) is 3.26. The van der Waals surface area contributed by atoms with Crippen LogP contribution in [0.25, 0.3) is 0 Å². The van der Waals surface area contributed by atoms with Gasteiger partial charge in [0.25, 0.3) is 0 Å². The number of esters is 1. The molecule has 0 aromatic heterocycles. The van der Waals surface area contributed by atoms with E-state index in [-0.39, 0.29) is 22.7 Å². The lowest BCUT2D eigenvalue weighted by Gasteiger charge is -2.23. The molecule has 0 aliphatic rings. The van der Waals surface area contributed by atoms with Crippen LogP contribution in [0.2, 0.25) is 0 Å². The molecule has 0 amide bonds. The summed E-state index contributed by atoms with van der Waals surface area (Å²) in [5.74, 6) is 0.0588. The van der Waals surface area contributed by atoms with E-state index in [9.17, 15) is 17.8 Å². The molecule has 0 aliphatic heterocycles. The van der Waals surface area contributed by atoms with Crippen LogP contribution in [0, 0.1) is 0 Å². The molecule has 6 nitrogen and oxygen atoms in total. The summed E-state index contributed by atoms with van der Waals surface area (Å²) in [6, 6.07) is 12.2. The van der Waals surface area contributed by atoms with Crippen LogP contribution in [-0.2, 0) is 20.3 Å². The Kier molecular flexibility index (Phi) is 6.05. The van der Waals surface area contributed by atoms with Gasteiger partial charge in [0, 0.05) is 0 Å². The van der Waals surface area contributed by atoms with E-state index in [0.717, 1.165) is 24.1 Å². The molecule has 0 saturated carbocycles. The van der Waals surface area contributed by atoms with E-state index in [0.29, 0.717) is 5.75 Å². The maximum absolute atomic E-state index is 11.9. The third-order valence-corrected chi connectivity index (χ3v) is 5.05. The lowest BCUT2D eigenvalue weighted by atomic mass is 9.82. The molecule has 0 aliphatic carbocycles. The van der Waals surface area contributed by atoms with Gasteiger partial charge in [-0.25, -0.2) is 13.2 Å². The molecule has 0 spiro atoms. The van der Waals surface area contributed by atoms with Gasteiger partial charge in [0.2, 0.25) is 0 Å². The summed E-state index contributed by atoms with van der Waals surface area (Å²) in [6.45, 7) is 6.07. The van der Waals surface area contributed by atoms with Crippen molar-refractivity contribution >= 4 is 16.1 Å². The van der Waals surface area contributed by atoms with Gasteiger partial charge in [-0.2, -0.15) is 0 Å². The first kappa shape index (κ1) is 19.9. The highest BCUT2D eigenvalue weighted by Gasteiger charge is 2.18. The van der Waals surface area contributed by atoms with Gasteiger partial charge in [0.05, 0.1) is 4.90 Å². The van der Waals surface area contributed by atoms with Gasteiger partial charge in [-0.15, -0.1) is 0 Å². The largest absolute Gasteiger partial charge is 0.744 e. The second-order valence-corrected chi connectivity index (χ2v) is 7.83. The second kappa shape index (κ2) is 7.88. The van der Waals surface area contributed by atoms with E-state index >= 15 is 0 Å². The van der Waals surface area contributed by atoms with Crippen molar-refractivity contribution < 1.29 is 27.2 Å². The summed E-state index contributed by atoms with van der Waals surface area (Å²) in [5, 5.41) is 0. The molecular weight excluding hydrogens is 356 g/mol. The van der Waals surface area contributed by atoms with Crippen molar-refractivity contribution in [3.05, 3.63) is 54.1 Å². The quantitative estimate of drug-likeness (QED) is 0.418. The molecule has 0 radical (unpaired) electrons. The van der Waals surface area contributed by atoms with E-state index in [1.807, 2.05) is 18.2 Å². The first-order valence-electron chi connectivity index (χ1n) is 8.12. The molecular formula is C19H21O6S-. The van der Waals surface area contributed by atoms with Crippen LogP contribution in [-0.4, -0.2) is 25.5 Å². The Balaban J connectivity index is 1.96. The molecule has 0 fully saturated rings. The Hall–Kier alpha value is -2.38. The minimum absolute atomic E-state index is 0.00350. The first-order chi connectivity index (χ1) is 12.1. The number of carbonyl (C=O) groups excluding carboxylic acids is 1. The Bertz CT molecular complexity index is 869. The second-order valence-electron chi connectivity index (χ2n) is 6.45. The van der Waals surface area contributed by atoms with Gasteiger partial charge in [0.1, 0.15) is 21.6 Å². The van der Waals surface area contributed by atoms with Gasteiger partial charge in [-0.3, -0.25) is 0 Å². The summed E-state index contributed by atoms with van der Waals surface area (Å²) >= 11 is 0. The predicted molar refractivity (Wildman–Crippen MR) is 95.3 cm³/mol. The van der Waals surface area contributed by atoms with Crippen molar-refractivity contribution in [2.75, 3.05) is 6.61 Å². The highest BCUT2D eigenvalue weighted by atomic mass is 32.2. The van der Waals surface area contributed by atoms with Crippen molar-refractivity contribution in [3.63, 3.8) is 0 Å². The number of rotatable bonds is 7. The maximum atomic E-state index is 11.9. The fraction of sp³-hybridized carbons (Fsp3) is 0.316. The van der Waals surface area contributed by atoms with Gasteiger partial charge >= 0.3 is 5.97 Å². The third kappa shape index (κ3) is 5.31. The summed E-state index contributed by atoms with van der Waals surface area (Å²) in [7, 11) is -4.53. The molecule has 7 heteroatoms. The van der Waals surface area contributed by atoms with Crippen LogP contribution < -0.4 is 9.47 Å². The molecule has 2 aromatic carbocycles. The fourth-order valence-corrected chi connectivity index (χ4v) is 2.66. The zero-order valence-corrected chi connectivity index (χ0v) is 15.7. The van der Waals surface area contributed by atoms with Crippen molar-refractivity contribution in [2.24, 2.45) is 0 Å². The zero-order chi connectivity index (χ0) is 19.4. The number of carbonyl (C=O) groups is 1. The molecule has 0 N–H and O–H groups in total. The van der Waals surface area contributed by atoms with Crippen LogP contribution in [0.15, 0.2) is 53.4 Å². The fourth-order valence-electron chi connectivity index (χ4n) is 2.19. The molecule has 2 rings (SSSR count). The Morgan fingerprint density at radius 3 is 2.31 bits per heavy atom. The standard InChI is InChI=1S/C19H22O6S/c1-4-19(2,3)14-6-5-7-16(12-14)24-13-18(20)25-15-8-10-17(11-9-15)26(21,22)23/h5-12H,4,13H2,1-3H3,(H,21,22,23)/p-1. The molecule has 0 saturated heterocycles. The van der Waals surface area contributed by atoms with Crippen LogP contribution in [0.3, 0.4) is 0 Å².